The predicted octanol–water partition coefficient (Wildman–Crippen LogP) is 1.34. The molecule has 1 heterocycles. The van der Waals surface area contributed by atoms with Gasteiger partial charge in [0.25, 0.3) is 5.91 Å². The molecule has 1 aliphatic rings. The fourth-order valence-electron chi connectivity index (χ4n) is 2.52. The van der Waals surface area contributed by atoms with E-state index in [-0.39, 0.29) is 25.4 Å². The highest BCUT2D eigenvalue weighted by molar-refractivity contribution is 5.96. The summed E-state index contributed by atoms with van der Waals surface area (Å²) >= 11 is 0. The minimum absolute atomic E-state index is 0.102. The first-order valence-electron chi connectivity index (χ1n) is 7.55. The number of aliphatic hydroxyl groups is 1. The number of alkyl halides is 1. The molecule has 1 aromatic rings. The second kappa shape index (κ2) is 7.04. The van der Waals surface area contributed by atoms with E-state index in [1.165, 1.54) is 23.0 Å². The maximum absolute atomic E-state index is 14.0. The second-order valence-electron chi connectivity index (χ2n) is 6.03. The van der Waals surface area contributed by atoms with Crippen LogP contribution in [0.25, 0.3) is 0 Å². The number of anilines is 1. The summed E-state index contributed by atoms with van der Waals surface area (Å²) in [6, 6.07) is 4.21. The summed E-state index contributed by atoms with van der Waals surface area (Å²) in [7, 11) is 4.72. The summed E-state index contributed by atoms with van der Waals surface area (Å²) < 4.78 is 19.2. The summed E-state index contributed by atoms with van der Waals surface area (Å²) in [6.45, 7) is -0.543. The number of carbonyl (C=O) groups excluding carboxylic acids is 2. The van der Waals surface area contributed by atoms with Gasteiger partial charge in [0.2, 0.25) is 0 Å². The van der Waals surface area contributed by atoms with E-state index in [0.717, 1.165) is 0 Å². The molecule has 0 bridgehead atoms. The molecule has 7 nitrogen and oxygen atoms in total. The van der Waals surface area contributed by atoms with Gasteiger partial charge in [0.05, 0.1) is 25.9 Å². The lowest BCUT2D eigenvalue weighted by Gasteiger charge is -2.20. The van der Waals surface area contributed by atoms with Crippen LogP contribution in [-0.2, 0) is 0 Å². The number of rotatable bonds is 4. The number of likely N-dealkylation sites (tertiary alicyclic amines) is 1. The largest absolute Gasteiger partial charge is 0.495 e. The number of carbonyl (C=O) groups is 2. The van der Waals surface area contributed by atoms with Crippen LogP contribution in [0, 0.1) is 0 Å². The van der Waals surface area contributed by atoms with Crippen molar-refractivity contribution >= 4 is 17.6 Å². The smallest absolute Gasteiger partial charge is 0.322 e. The Labute approximate surface area is 140 Å². The molecule has 0 aromatic heterocycles. The molecule has 1 saturated heterocycles. The third-order valence-corrected chi connectivity index (χ3v) is 3.97. The van der Waals surface area contributed by atoms with Crippen molar-refractivity contribution in [1.29, 1.82) is 0 Å². The van der Waals surface area contributed by atoms with Crippen molar-refractivity contribution < 1.29 is 23.8 Å². The number of nitrogens with one attached hydrogen (secondary N) is 1. The quantitative estimate of drug-likeness (QED) is 0.867. The molecule has 8 heteroatoms. The first-order chi connectivity index (χ1) is 11.3. The van der Waals surface area contributed by atoms with Crippen LogP contribution < -0.4 is 10.1 Å². The van der Waals surface area contributed by atoms with Crippen molar-refractivity contribution in [3.63, 3.8) is 0 Å². The van der Waals surface area contributed by atoms with E-state index < -0.39 is 18.3 Å². The zero-order valence-electron chi connectivity index (χ0n) is 14.0. The number of hydrogen-bond acceptors (Lipinski definition) is 4. The summed E-state index contributed by atoms with van der Waals surface area (Å²) in [5.74, 6) is 0.153. The molecule has 1 aromatic carbocycles. The number of urea groups is 1. The number of aliphatic hydroxyl groups excluding tert-OH is 1. The Morgan fingerprint density at radius 1 is 1.46 bits per heavy atom. The Bertz CT molecular complexity index is 638. The summed E-state index contributed by atoms with van der Waals surface area (Å²) in [4.78, 5) is 27.0. The first kappa shape index (κ1) is 18.0. The minimum atomic E-state index is -1.75. The zero-order chi connectivity index (χ0) is 17.9. The van der Waals surface area contributed by atoms with Crippen molar-refractivity contribution in [3.8, 4) is 5.75 Å². The highest BCUT2D eigenvalue weighted by atomic mass is 19.1. The molecular weight excluding hydrogens is 317 g/mol. The fourth-order valence-corrected chi connectivity index (χ4v) is 2.52. The van der Waals surface area contributed by atoms with Gasteiger partial charge in [-0.15, -0.1) is 0 Å². The molecule has 0 saturated carbocycles. The van der Waals surface area contributed by atoms with Crippen molar-refractivity contribution in [2.75, 3.05) is 46.2 Å². The summed E-state index contributed by atoms with van der Waals surface area (Å²) in [6.07, 6.45) is 0.102. The van der Waals surface area contributed by atoms with Crippen molar-refractivity contribution in [1.82, 2.24) is 9.80 Å². The molecular formula is C16H22FN3O4. The summed E-state index contributed by atoms with van der Waals surface area (Å²) in [5, 5.41) is 11.7. The molecule has 0 aliphatic carbocycles. The Balaban J connectivity index is 2.12. The van der Waals surface area contributed by atoms with E-state index >= 15 is 0 Å². The monoisotopic (exact) mass is 339 g/mol. The van der Waals surface area contributed by atoms with Gasteiger partial charge in [-0.2, -0.15) is 0 Å². The van der Waals surface area contributed by atoms with Crippen molar-refractivity contribution in [3.05, 3.63) is 23.8 Å². The molecule has 2 rings (SSSR count). The van der Waals surface area contributed by atoms with Crippen LogP contribution >= 0.6 is 0 Å². The SMILES string of the molecule is COc1cc(C(=O)N(C)C)ccc1NC(=O)N1CCC(F)(CO)C1. The van der Waals surface area contributed by atoms with Crippen LogP contribution in [0.2, 0.25) is 0 Å². The van der Waals surface area contributed by atoms with Gasteiger partial charge in [0.1, 0.15) is 5.75 Å². The molecule has 0 radical (unpaired) electrons. The van der Waals surface area contributed by atoms with Crippen molar-refractivity contribution in [2.24, 2.45) is 0 Å². The third-order valence-electron chi connectivity index (χ3n) is 3.97. The molecule has 1 fully saturated rings. The fraction of sp³-hybridized carbons (Fsp3) is 0.500. The van der Waals surface area contributed by atoms with Gasteiger partial charge in [0.15, 0.2) is 5.67 Å². The van der Waals surface area contributed by atoms with Gasteiger partial charge in [-0.25, -0.2) is 9.18 Å². The first-order valence-corrected chi connectivity index (χ1v) is 7.55. The van der Waals surface area contributed by atoms with E-state index in [9.17, 15) is 14.0 Å². The number of amides is 3. The van der Waals surface area contributed by atoms with Gasteiger partial charge in [-0.3, -0.25) is 4.79 Å². The van der Waals surface area contributed by atoms with E-state index in [2.05, 4.69) is 5.32 Å². The van der Waals surface area contributed by atoms with Gasteiger partial charge in [-0.1, -0.05) is 0 Å². The molecule has 132 valence electrons. The number of hydrogen-bond donors (Lipinski definition) is 2. The van der Waals surface area contributed by atoms with Crippen LogP contribution in [0.4, 0.5) is 14.9 Å². The highest BCUT2D eigenvalue weighted by Gasteiger charge is 2.39. The van der Waals surface area contributed by atoms with Crippen LogP contribution in [-0.4, -0.2) is 73.4 Å². The lowest BCUT2D eigenvalue weighted by molar-refractivity contribution is 0.0813. The Hall–Kier alpha value is -2.35. The molecule has 3 amide bonds. The van der Waals surface area contributed by atoms with Gasteiger partial charge >= 0.3 is 6.03 Å². The Morgan fingerprint density at radius 2 is 2.17 bits per heavy atom. The lowest BCUT2D eigenvalue weighted by atomic mass is 10.1. The normalized spacial score (nSPS) is 20.0. The van der Waals surface area contributed by atoms with Gasteiger partial charge < -0.3 is 25.0 Å². The Morgan fingerprint density at radius 3 is 2.71 bits per heavy atom. The van der Waals surface area contributed by atoms with Crippen LogP contribution in [0.3, 0.4) is 0 Å². The lowest BCUT2D eigenvalue weighted by Crippen LogP contribution is -2.37. The number of halogens is 1. The van der Waals surface area contributed by atoms with E-state index in [1.807, 2.05) is 0 Å². The topological polar surface area (TPSA) is 82.1 Å². The maximum atomic E-state index is 14.0. The standard InChI is InChI=1S/C16H22FN3O4/c1-19(2)14(22)11-4-5-12(13(8-11)24-3)18-15(23)20-7-6-16(17,9-20)10-21/h4-5,8,21H,6-7,9-10H2,1-3H3,(H,18,23). The van der Waals surface area contributed by atoms with E-state index in [0.29, 0.717) is 17.0 Å². The third kappa shape index (κ3) is 3.76. The maximum Gasteiger partial charge on any atom is 0.322 e. The predicted molar refractivity (Wildman–Crippen MR) is 87.1 cm³/mol. The van der Waals surface area contributed by atoms with Crippen LogP contribution in [0.5, 0.6) is 5.75 Å². The van der Waals surface area contributed by atoms with Gasteiger partial charge in [0, 0.05) is 32.6 Å². The molecule has 1 unspecified atom stereocenters. The van der Waals surface area contributed by atoms with Crippen molar-refractivity contribution in [2.45, 2.75) is 12.1 Å². The zero-order valence-corrected chi connectivity index (χ0v) is 14.0. The highest BCUT2D eigenvalue weighted by Crippen LogP contribution is 2.29. The van der Waals surface area contributed by atoms with Crippen LogP contribution in [0.15, 0.2) is 18.2 Å². The van der Waals surface area contributed by atoms with E-state index in [4.69, 9.17) is 9.84 Å². The average Bonchev–Trinajstić information content (AvgIpc) is 2.97. The number of methoxy groups -OCH3 is 1. The molecule has 24 heavy (non-hydrogen) atoms. The molecule has 0 spiro atoms. The number of ether oxygens (including phenoxy) is 1. The Kier molecular flexibility index (Phi) is 5.28. The van der Waals surface area contributed by atoms with Gasteiger partial charge in [-0.05, 0) is 18.2 Å². The number of nitrogens with zero attached hydrogens (tertiary/aromatic N) is 2. The minimum Gasteiger partial charge on any atom is -0.495 e. The number of benzene rings is 1. The summed E-state index contributed by atoms with van der Waals surface area (Å²) in [5.41, 5.74) is -0.930. The molecule has 1 atom stereocenters. The second-order valence-corrected chi connectivity index (χ2v) is 6.03. The average molecular weight is 339 g/mol. The van der Waals surface area contributed by atoms with E-state index in [1.54, 1.807) is 26.2 Å². The van der Waals surface area contributed by atoms with Crippen LogP contribution in [0.1, 0.15) is 16.8 Å². The molecule has 1 aliphatic heterocycles. The molecule has 2 N–H and O–H groups in total.